The van der Waals surface area contributed by atoms with Gasteiger partial charge in [0.25, 0.3) is 0 Å². The van der Waals surface area contributed by atoms with Crippen molar-refractivity contribution < 1.29 is 22.5 Å². The number of ether oxygens (including phenoxy) is 1. The molecule has 0 aliphatic heterocycles. The Balaban J connectivity index is 2.00. The fourth-order valence-corrected chi connectivity index (χ4v) is 5.97. The Morgan fingerprint density at radius 3 is 2.44 bits per heavy atom. The molecule has 9 heteroatoms. The van der Waals surface area contributed by atoms with Gasteiger partial charge in [-0.2, -0.15) is 0 Å². The van der Waals surface area contributed by atoms with Crippen LogP contribution < -0.4 is 4.74 Å². The second-order valence-corrected chi connectivity index (χ2v) is 10.3. The topological polar surface area (TPSA) is 83.5 Å². The molecule has 0 radical (unpaired) electrons. The number of fused-ring (bicyclic) bond motifs is 1. The normalized spacial score (nSPS) is 13.6. The summed E-state index contributed by atoms with van der Waals surface area (Å²) in [5.74, 6) is -0.165. The van der Waals surface area contributed by atoms with Crippen LogP contribution in [0.5, 0.6) is 5.75 Å². The third-order valence-electron chi connectivity index (χ3n) is 3.88. The van der Waals surface area contributed by atoms with Crippen LogP contribution >= 0.6 is 67.8 Å². The van der Waals surface area contributed by atoms with Crippen LogP contribution in [0.2, 0.25) is 0 Å². The first-order valence-electron chi connectivity index (χ1n) is 7.16. The number of carbonyl (C=O) groups is 1. The molecule has 5 nitrogen and oxygen atoms in total. The van der Waals surface area contributed by atoms with Gasteiger partial charge >= 0.3 is 5.97 Å². The standard InChI is InChI=1S/C16H11I3O5S/c17-8-6-11(15(19)12(18)7-8)16(20)24-13-4-5-14(25(21,22)23)10-3-1-2-9(10)13/h4-7H,1-3H2,(H,21,22,23)/p-1. The van der Waals surface area contributed by atoms with E-state index >= 15 is 0 Å². The molecule has 132 valence electrons. The molecule has 25 heavy (non-hydrogen) atoms. The zero-order valence-electron chi connectivity index (χ0n) is 12.5. The van der Waals surface area contributed by atoms with Gasteiger partial charge in [0.2, 0.25) is 0 Å². The van der Waals surface area contributed by atoms with Crippen molar-refractivity contribution >= 4 is 83.9 Å². The van der Waals surface area contributed by atoms with Gasteiger partial charge in [0.15, 0.2) is 0 Å². The van der Waals surface area contributed by atoms with Crippen molar-refractivity contribution in [2.45, 2.75) is 24.2 Å². The lowest BCUT2D eigenvalue weighted by atomic mass is 10.1. The average molecular weight is 695 g/mol. The first-order valence-corrected chi connectivity index (χ1v) is 11.8. The Morgan fingerprint density at radius 1 is 1.08 bits per heavy atom. The first-order chi connectivity index (χ1) is 11.7. The largest absolute Gasteiger partial charge is 0.744 e. The van der Waals surface area contributed by atoms with Gasteiger partial charge < -0.3 is 9.29 Å². The highest BCUT2D eigenvalue weighted by Crippen LogP contribution is 2.36. The summed E-state index contributed by atoms with van der Waals surface area (Å²) in [5, 5.41) is 0. The zero-order chi connectivity index (χ0) is 18.4. The van der Waals surface area contributed by atoms with Gasteiger partial charge in [0, 0.05) is 10.7 Å². The monoisotopic (exact) mass is 695 g/mol. The highest BCUT2D eigenvalue weighted by atomic mass is 127. The van der Waals surface area contributed by atoms with Gasteiger partial charge in [-0.05, 0) is 122 Å². The van der Waals surface area contributed by atoms with Crippen LogP contribution in [0.15, 0.2) is 29.2 Å². The number of halogens is 3. The summed E-state index contributed by atoms with van der Waals surface area (Å²) in [5.41, 5.74) is 1.58. The summed E-state index contributed by atoms with van der Waals surface area (Å²) in [6, 6.07) is 6.35. The Bertz CT molecular complexity index is 986. The van der Waals surface area contributed by atoms with E-state index in [0.29, 0.717) is 35.3 Å². The fourth-order valence-electron chi connectivity index (χ4n) is 2.83. The first kappa shape index (κ1) is 19.8. The summed E-state index contributed by atoms with van der Waals surface area (Å²) in [7, 11) is -4.54. The lowest BCUT2D eigenvalue weighted by Gasteiger charge is -2.15. The molecule has 0 spiro atoms. The van der Waals surface area contributed by atoms with E-state index in [9.17, 15) is 17.8 Å². The van der Waals surface area contributed by atoms with E-state index in [1.807, 2.05) is 6.07 Å². The minimum atomic E-state index is -4.54. The molecule has 0 amide bonds. The summed E-state index contributed by atoms with van der Waals surface area (Å²) in [6.07, 6.45) is 1.81. The number of benzene rings is 2. The molecular formula is C16H10I3O5S-. The van der Waals surface area contributed by atoms with Crippen LogP contribution in [0.3, 0.4) is 0 Å². The van der Waals surface area contributed by atoms with Crippen LogP contribution in [0.4, 0.5) is 0 Å². The van der Waals surface area contributed by atoms with E-state index in [0.717, 1.165) is 17.1 Å². The summed E-state index contributed by atoms with van der Waals surface area (Å²) in [6.45, 7) is 0. The summed E-state index contributed by atoms with van der Waals surface area (Å²) in [4.78, 5) is 12.4. The molecule has 0 heterocycles. The Morgan fingerprint density at radius 2 is 1.76 bits per heavy atom. The van der Waals surface area contributed by atoms with Crippen molar-refractivity contribution in [1.29, 1.82) is 0 Å². The molecule has 0 bridgehead atoms. The van der Waals surface area contributed by atoms with Gasteiger partial charge in [-0.25, -0.2) is 13.2 Å². The lowest BCUT2D eigenvalue weighted by molar-refractivity contribution is 0.0732. The number of carbonyl (C=O) groups excluding carboxylic acids is 1. The Labute approximate surface area is 186 Å². The maximum Gasteiger partial charge on any atom is 0.344 e. The van der Waals surface area contributed by atoms with Crippen molar-refractivity contribution in [1.82, 2.24) is 0 Å². The van der Waals surface area contributed by atoms with Crippen LogP contribution in [0.25, 0.3) is 0 Å². The Kier molecular flexibility index (Phi) is 5.98. The van der Waals surface area contributed by atoms with Gasteiger partial charge in [-0.3, -0.25) is 0 Å². The number of rotatable bonds is 3. The van der Waals surface area contributed by atoms with Crippen LogP contribution in [0.1, 0.15) is 27.9 Å². The highest BCUT2D eigenvalue weighted by molar-refractivity contribution is 14.1. The molecule has 3 rings (SSSR count). The smallest absolute Gasteiger partial charge is 0.344 e. The maximum atomic E-state index is 12.6. The van der Waals surface area contributed by atoms with E-state index in [1.54, 1.807) is 6.07 Å². The maximum absolute atomic E-state index is 12.6. The molecule has 0 aromatic heterocycles. The van der Waals surface area contributed by atoms with Gasteiger partial charge in [0.1, 0.15) is 15.9 Å². The molecule has 0 atom stereocenters. The summed E-state index contributed by atoms with van der Waals surface area (Å²) < 4.78 is 42.4. The number of hydrogen-bond acceptors (Lipinski definition) is 5. The molecule has 1 aliphatic carbocycles. The third-order valence-corrected chi connectivity index (χ3v) is 8.47. The molecule has 0 saturated heterocycles. The molecule has 2 aromatic rings. The quantitative estimate of drug-likeness (QED) is 0.159. The lowest BCUT2D eigenvalue weighted by Crippen LogP contribution is -2.13. The van der Waals surface area contributed by atoms with Crippen molar-refractivity contribution in [2.75, 3.05) is 0 Å². The van der Waals surface area contributed by atoms with Crippen LogP contribution in [0, 0.1) is 10.7 Å². The van der Waals surface area contributed by atoms with Gasteiger partial charge in [-0.1, -0.05) is 0 Å². The van der Waals surface area contributed by atoms with E-state index in [1.165, 1.54) is 12.1 Å². The molecular weight excluding hydrogens is 685 g/mol. The minimum Gasteiger partial charge on any atom is -0.744 e. The average Bonchev–Trinajstić information content (AvgIpc) is 2.99. The van der Waals surface area contributed by atoms with Crippen molar-refractivity contribution in [3.8, 4) is 5.75 Å². The minimum absolute atomic E-state index is 0.210. The van der Waals surface area contributed by atoms with Crippen molar-refractivity contribution in [2.24, 2.45) is 0 Å². The third kappa shape index (κ3) is 4.14. The van der Waals surface area contributed by atoms with Crippen LogP contribution in [-0.4, -0.2) is 18.9 Å². The predicted octanol–water partition coefficient (Wildman–Crippen LogP) is 4.11. The molecule has 0 fully saturated rings. The predicted molar refractivity (Wildman–Crippen MR) is 116 cm³/mol. The molecule has 2 aromatic carbocycles. The molecule has 0 unspecified atom stereocenters. The van der Waals surface area contributed by atoms with Crippen LogP contribution in [-0.2, 0) is 23.0 Å². The van der Waals surface area contributed by atoms with E-state index in [-0.39, 0.29) is 4.90 Å². The number of esters is 1. The molecule has 0 saturated carbocycles. The van der Waals surface area contributed by atoms with E-state index in [4.69, 9.17) is 4.74 Å². The van der Waals surface area contributed by atoms with Gasteiger partial charge in [0.05, 0.1) is 10.5 Å². The van der Waals surface area contributed by atoms with Crippen molar-refractivity contribution in [3.63, 3.8) is 0 Å². The molecule has 0 N–H and O–H groups in total. The highest BCUT2D eigenvalue weighted by Gasteiger charge is 2.24. The van der Waals surface area contributed by atoms with E-state index in [2.05, 4.69) is 67.8 Å². The summed E-state index contributed by atoms with van der Waals surface area (Å²) >= 11 is 6.40. The number of hydrogen-bond donors (Lipinski definition) is 0. The Hall–Kier alpha value is 0.0100. The fraction of sp³-hybridized carbons (Fsp3) is 0.188. The van der Waals surface area contributed by atoms with E-state index < -0.39 is 16.1 Å². The zero-order valence-corrected chi connectivity index (χ0v) is 19.8. The second kappa shape index (κ2) is 7.56. The van der Waals surface area contributed by atoms with Crippen molar-refractivity contribution in [3.05, 3.63) is 51.7 Å². The second-order valence-electron chi connectivity index (χ2n) is 5.47. The SMILES string of the molecule is O=C(Oc1ccc(S(=O)(=O)[O-])c2c1CCC2)c1cc(I)cc(I)c1I. The van der Waals surface area contributed by atoms with Gasteiger partial charge in [-0.15, -0.1) is 0 Å². The molecule has 1 aliphatic rings.